The fourth-order valence-corrected chi connectivity index (χ4v) is 3.23. The molecule has 0 bridgehead atoms. The van der Waals surface area contributed by atoms with Gasteiger partial charge in [-0.2, -0.15) is 0 Å². The molecule has 1 aliphatic rings. The summed E-state index contributed by atoms with van der Waals surface area (Å²) in [6.45, 7) is 7.60. The smallest absolute Gasteiger partial charge is 0.0700 e. The number of aliphatic hydroxyl groups excluding tert-OH is 1. The van der Waals surface area contributed by atoms with E-state index in [9.17, 15) is 5.11 Å². The van der Waals surface area contributed by atoms with Crippen LogP contribution in [0, 0.1) is 11.8 Å². The van der Waals surface area contributed by atoms with Gasteiger partial charge in [-0.25, -0.2) is 0 Å². The summed E-state index contributed by atoms with van der Waals surface area (Å²) in [5.41, 5.74) is 0. The van der Waals surface area contributed by atoms with Crippen molar-refractivity contribution in [2.24, 2.45) is 11.8 Å². The zero-order valence-corrected chi connectivity index (χ0v) is 12.3. The summed E-state index contributed by atoms with van der Waals surface area (Å²) in [7, 11) is 3.44. The molecule has 0 amide bonds. The molecule has 0 radical (unpaired) electrons. The lowest BCUT2D eigenvalue weighted by Gasteiger charge is -2.43. The van der Waals surface area contributed by atoms with Crippen molar-refractivity contribution in [3.8, 4) is 0 Å². The number of ether oxygens (including phenoxy) is 2. The highest BCUT2D eigenvalue weighted by molar-refractivity contribution is 4.89. The molecule has 4 unspecified atom stereocenters. The van der Waals surface area contributed by atoms with Crippen molar-refractivity contribution < 1.29 is 14.6 Å². The van der Waals surface area contributed by atoms with Crippen LogP contribution < -0.4 is 0 Å². The van der Waals surface area contributed by atoms with Crippen LogP contribution in [-0.4, -0.2) is 62.7 Å². The third-order valence-corrected chi connectivity index (χ3v) is 3.98. The zero-order chi connectivity index (χ0) is 13.5. The van der Waals surface area contributed by atoms with Gasteiger partial charge in [-0.05, 0) is 24.7 Å². The second kappa shape index (κ2) is 8.10. The van der Waals surface area contributed by atoms with Gasteiger partial charge in [0.2, 0.25) is 0 Å². The molecule has 1 aliphatic carbocycles. The molecule has 18 heavy (non-hydrogen) atoms. The van der Waals surface area contributed by atoms with E-state index in [1.54, 1.807) is 14.2 Å². The Morgan fingerprint density at radius 3 is 2.06 bits per heavy atom. The first-order valence-electron chi connectivity index (χ1n) is 7.00. The van der Waals surface area contributed by atoms with Crippen LogP contribution in [0.2, 0.25) is 0 Å². The maximum absolute atomic E-state index is 10.4. The minimum atomic E-state index is -0.225. The molecular formula is C14H29NO3. The molecule has 0 heterocycles. The topological polar surface area (TPSA) is 41.9 Å². The SMILES string of the molecule is COCCN(CCOC)C1C(C)CC(C)CC1O. The molecule has 1 rings (SSSR count). The predicted molar refractivity (Wildman–Crippen MR) is 72.7 cm³/mol. The van der Waals surface area contributed by atoms with E-state index in [2.05, 4.69) is 18.7 Å². The van der Waals surface area contributed by atoms with E-state index in [0.29, 0.717) is 25.0 Å². The Morgan fingerprint density at radius 1 is 1.06 bits per heavy atom. The Labute approximate surface area is 111 Å². The van der Waals surface area contributed by atoms with Crippen molar-refractivity contribution in [3.63, 3.8) is 0 Å². The number of hydrogen-bond acceptors (Lipinski definition) is 4. The van der Waals surface area contributed by atoms with Crippen molar-refractivity contribution in [2.45, 2.75) is 38.8 Å². The van der Waals surface area contributed by atoms with Crippen LogP contribution in [0.1, 0.15) is 26.7 Å². The van der Waals surface area contributed by atoms with Gasteiger partial charge in [0.1, 0.15) is 0 Å². The Morgan fingerprint density at radius 2 is 1.61 bits per heavy atom. The third-order valence-electron chi connectivity index (χ3n) is 3.98. The number of rotatable bonds is 7. The molecule has 1 fully saturated rings. The van der Waals surface area contributed by atoms with Gasteiger partial charge in [0, 0.05) is 33.4 Å². The molecule has 1 saturated carbocycles. The average Bonchev–Trinajstić information content (AvgIpc) is 2.30. The van der Waals surface area contributed by atoms with Crippen LogP contribution in [0.25, 0.3) is 0 Å². The molecule has 0 saturated heterocycles. The quantitative estimate of drug-likeness (QED) is 0.750. The fourth-order valence-electron chi connectivity index (χ4n) is 3.23. The van der Waals surface area contributed by atoms with Crippen molar-refractivity contribution in [1.82, 2.24) is 4.90 Å². The third kappa shape index (κ3) is 4.50. The van der Waals surface area contributed by atoms with E-state index >= 15 is 0 Å². The lowest BCUT2D eigenvalue weighted by atomic mass is 9.77. The fraction of sp³-hybridized carbons (Fsp3) is 1.00. The largest absolute Gasteiger partial charge is 0.391 e. The first-order chi connectivity index (χ1) is 8.60. The molecule has 1 N–H and O–H groups in total. The average molecular weight is 259 g/mol. The molecule has 108 valence electrons. The van der Waals surface area contributed by atoms with Crippen LogP contribution >= 0.6 is 0 Å². The van der Waals surface area contributed by atoms with E-state index in [4.69, 9.17) is 9.47 Å². The summed E-state index contributed by atoms with van der Waals surface area (Å²) >= 11 is 0. The van der Waals surface area contributed by atoms with Gasteiger partial charge < -0.3 is 14.6 Å². The maximum Gasteiger partial charge on any atom is 0.0700 e. The van der Waals surface area contributed by atoms with Crippen molar-refractivity contribution in [1.29, 1.82) is 0 Å². The van der Waals surface area contributed by atoms with E-state index in [1.807, 2.05) is 0 Å². The minimum Gasteiger partial charge on any atom is -0.391 e. The Kier molecular flexibility index (Phi) is 7.15. The van der Waals surface area contributed by atoms with E-state index in [1.165, 1.54) is 6.42 Å². The molecule has 4 nitrogen and oxygen atoms in total. The summed E-state index contributed by atoms with van der Waals surface area (Å²) < 4.78 is 10.3. The number of hydrogen-bond donors (Lipinski definition) is 1. The minimum absolute atomic E-state index is 0.225. The van der Waals surface area contributed by atoms with E-state index in [-0.39, 0.29) is 12.1 Å². The molecule has 0 aromatic rings. The first kappa shape index (κ1) is 15.9. The molecule has 0 aliphatic heterocycles. The van der Waals surface area contributed by atoms with E-state index < -0.39 is 0 Å². The van der Waals surface area contributed by atoms with Crippen LogP contribution in [0.3, 0.4) is 0 Å². The second-order valence-corrected chi connectivity index (χ2v) is 5.63. The van der Waals surface area contributed by atoms with Crippen LogP contribution in [0.5, 0.6) is 0 Å². The molecule has 0 aromatic heterocycles. The van der Waals surface area contributed by atoms with Gasteiger partial charge in [-0.3, -0.25) is 4.90 Å². The lowest BCUT2D eigenvalue weighted by Crippen LogP contribution is -2.53. The first-order valence-corrected chi connectivity index (χ1v) is 7.00. The molecule has 4 heteroatoms. The Bertz CT molecular complexity index is 205. The Balaban J connectivity index is 2.62. The molecule has 0 spiro atoms. The van der Waals surface area contributed by atoms with Crippen LogP contribution in [-0.2, 0) is 9.47 Å². The second-order valence-electron chi connectivity index (χ2n) is 5.63. The maximum atomic E-state index is 10.4. The summed E-state index contributed by atoms with van der Waals surface area (Å²) in [6, 6.07) is 0.242. The summed E-state index contributed by atoms with van der Waals surface area (Å²) in [5, 5.41) is 10.4. The standard InChI is InChI=1S/C14H29NO3/c1-11-9-12(2)14(13(16)10-11)15(5-7-17-3)6-8-18-4/h11-14,16H,5-10H2,1-4H3. The van der Waals surface area contributed by atoms with E-state index in [0.717, 1.165) is 19.5 Å². The molecule has 0 aromatic carbocycles. The molecular weight excluding hydrogens is 230 g/mol. The van der Waals surface area contributed by atoms with Crippen LogP contribution in [0.15, 0.2) is 0 Å². The van der Waals surface area contributed by atoms with Gasteiger partial charge in [-0.15, -0.1) is 0 Å². The van der Waals surface area contributed by atoms with Crippen molar-refractivity contribution >= 4 is 0 Å². The highest BCUT2D eigenvalue weighted by Gasteiger charge is 2.36. The predicted octanol–water partition coefficient (Wildman–Crippen LogP) is 1.38. The van der Waals surface area contributed by atoms with Gasteiger partial charge in [0.25, 0.3) is 0 Å². The zero-order valence-electron chi connectivity index (χ0n) is 12.3. The van der Waals surface area contributed by atoms with Gasteiger partial charge >= 0.3 is 0 Å². The summed E-state index contributed by atoms with van der Waals surface area (Å²) in [5.74, 6) is 1.15. The highest BCUT2D eigenvalue weighted by Crippen LogP contribution is 2.32. The Hall–Kier alpha value is -0.160. The van der Waals surface area contributed by atoms with Crippen molar-refractivity contribution in [3.05, 3.63) is 0 Å². The molecule has 4 atom stereocenters. The monoisotopic (exact) mass is 259 g/mol. The summed E-state index contributed by atoms with van der Waals surface area (Å²) in [4.78, 5) is 2.33. The van der Waals surface area contributed by atoms with Gasteiger partial charge in [0.15, 0.2) is 0 Å². The number of nitrogens with zero attached hydrogens (tertiary/aromatic N) is 1. The van der Waals surface area contributed by atoms with Crippen molar-refractivity contribution in [2.75, 3.05) is 40.5 Å². The summed E-state index contributed by atoms with van der Waals surface area (Å²) in [6.07, 6.45) is 1.88. The van der Waals surface area contributed by atoms with Gasteiger partial charge in [0.05, 0.1) is 19.3 Å². The lowest BCUT2D eigenvalue weighted by molar-refractivity contribution is -0.0382. The van der Waals surface area contributed by atoms with Gasteiger partial charge in [-0.1, -0.05) is 13.8 Å². The van der Waals surface area contributed by atoms with Crippen LogP contribution in [0.4, 0.5) is 0 Å². The number of aliphatic hydroxyl groups is 1. The number of methoxy groups -OCH3 is 2. The normalized spacial score (nSPS) is 33.0. The highest BCUT2D eigenvalue weighted by atomic mass is 16.5.